The van der Waals surface area contributed by atoms with Crippen LogP contribution in [0.4, 0.5) is 11.4 Å². The maximum absolute atomic E-state index is 12.8. The van der Waals surface area contributed by atoms with Gasteiger partial charge < -0.3 is 25.8 Å². The molecule has 0 radical (unpaired) electrons. The monoisotopic (exact) mass is 408 g/mol. The first kappa shape index (κ1) is 21.0. The SMILES string of the molecule is Cc1ccc(N2CCOC(C(O)C(=O)Nc3ccc(C#N)cc3C(N)=O)C2=O)cc1. The van der Waals surface area contributed by atoms with E-state index in [-0.39, 0.29) is 30.0 Å². The molecule has 154 valence electrons. The molecule has 1 heterocycles. The van der Waals surface area contributed by atoms with Gasteiger partial charge >= 0.3 is 0 Å². The van der Waals surface area contributed by atoms with Gasteiger partial charge in [-0.1, -0.05) is 17.7 Å². The molecule has 1 aliphatic rings. The second kappa shape index (κ2) is 8.73. The number of nitrogens with one attached hydrogen (secondary N) is 1. The van der Waals surface area contributed by atoms with Gasteiger partial charge in [-0.05, 0) is 37.3 Å². The number of benzene rings is 2. The fourth-order valence-corrected chi connectivity index (χ4v) is 3.08. The number of aliphatic hydroxyl groups excluding tert-OH is 1. The summed E-state index contributed by atoms with van der Waals surface area (Å²) < 4.78 is 5.36. The second-order valence-electron chi connectivity index (χ2n) is 6.79. The van der Waals surface area contributed by atoms with Crippen molar-refractivity contribution < 1.29 is 24.2 Å². The first-order valence-electron chi connectivity index (χ1n) is 9.14. The van der Waals surface area contributed by atoms with Gasteiger partial charge in [0.15, 0.2) is 12.2 Å². The minimum atomic E-state index is -1.82. The molecule has 4 N–H and O–H groups in total. The van der Waals surface area contributed by atoms with Crippen molar-refractivity contribution in [2.75, 3.05) is 23.4 Å². The molecule has 1 saturated heterocycles. The van der Waals surface area contributed by atoms with Gasteiger partial charge in [-0.15, -0.1) is 0 Å². The average molecular weight is 408 g/mol. The highest BCUT2D eigenvalue weighted by molar-refractivity contribution is 6.07. The normalized spacial score (nSPS) is 17.2. The third kappa shape index (κ3) is 4.30. The smallest absolute Gasteiger partial charge is 0.259 e. The molecule has 3 rings (SSSR count). The molecule has 0 bridgehead atoms. The second-order valence-corrected chi connectivity index (χ2v) is 6.79. The van der Waals surface area contributed by atoms with Crippen LogP contribution in [0.1, 0.15) is 21.5 Å². The van der Waals surface area contributed by atoms with Gasteiger partial charge in [-0.2, -0.15) is 5.26 Å². The molecule has 0 spiro atoms. The zero-order valence-corrected chi connectivity index (χ0v) is 16.2. The van der Waals surface area contributed by atoms with Gasteiger partial charge in [0.1, 0.15) is 0 Å². The van der Waals surface area contributed by atoms with Crippen LogP contribution in [-0.4, -0.2) is 48.2 Å². The Bertz CT molecular complexity index is 1030. The minimum Gasteiger partial charge on any atom is -0.380 e. The lowest BCUT2D eigenvalue weighted by Crippen LogP contribution is -2.55. The zero-order valence-electron chi connectivity index (χ0n) is 16.2. The van der Waals surface area contributed by atoms with Crippen LogP contribution in [0.15, 0.2) is 42.5 Å². The topological polar surface area (TPSA) is 146 Å². The minimum absolute atomic E-state index is 0.0178. The lowest BCUT2D eigenvalue weighted by Gasteiger charge is -2.34. The summed E-state index contributed by atoms with van der Waals surface area (Å²) in [4.78, 5) is 38.4. The number of hydrogen-bond acceptors (Lipinski definition) is 6. The van der Waals surface area contributed by atoms with Crippen molar-refractivity contribution in [3.8, 4) is 6.07 Å². The number of aryl methyl sites for hydroxylation is 1. The fourth-order valence-electron chi connectivity index (χ4n) is 3.08. The summed E-state index contributed by atoms with van der Waals surface area (Å²) >= 11 is 0. The Morgan fingerprint density at radius 2 is 2.00 bits per heavy atom. The highest BCUT2D eigenvalue weighted by atomic mass is 16.5. The summed E-state index contributed by atoms with van der Waals surface area (Å²) in [6, 6.07) is 13.1. The number of carbonyl (C=O) groups excluding carboxylic acids is 3. The number of ether oxygens (including phenoxy) is 1. The van der Waals surface area contributed by atoms with E-state index in [1.54, 1.807) is 12.1 Å². The van der Waals surface area contributed by atoms with Gasteiger partial charge in [0, 0.05) is 12.2 Å². The highest BCUT2D eigenvalue weighted by Crippen LogP contribution is 2.22. The summed E-state index contributed by atoms with van der Waals surface area (Å²) in [6.07, 6.45) is -3.22. The number of primary amides is 1. The van der Waals surface area contributed by atoms with E-state index in [2.05, 4.69) is 5.32 Å². The highest BCUT2D eigenvalue weighted by Gasteiger charge is 2.39. The Balaban J connectivity index is 1.77. The Labute approximate surface area is 172 Å². The van der Waals surface area contributed by atoms with Crippen molar-refractivity contribution >= 4 is 29.1 Å². The molecule has 2 atom stereocenters. The first-order valence-corrected chi connectivity index (χ1v) is 9.14. The van der Waals surface area contributed by atoms with Crippen molar-refractivity contribution in [2.24, 2.45) is 5.73 Å². The number of nitrogens with zero attached hydrogens (tertiary/aromatic N) is 2. The molecule has 9 heteroatoms. The van der Waals surface area contributed by atoms with Crippen LogP contribution in [-0.2, 0) is 14.3 Å². The van der Waals surface area contributed by atoms with E-state index >= 15 is 0 Å². The molecule has 0 saturated carbocycles. The molecule has 1 fully saturated rings. The molecule has 2 aromatic carbocycles. The number of aliphatic hydroxyl groups is 1. The average Bonchev–Trinajstić information content (AvgIpc) is 2.74. The molecule has 2 unspecified atom stereocenters. The van der Waals surface area contributed by atoms with E-state index in [1.165, 1.54) is 23.1 Å². The number of carbonyl (C=O) groups is 3. The number of nitriles is 1. The lowest BCUT2D eigenvalue weighted by molar-refractivity contribution is -0.150. The molecule has 2 aromatic rings. The van der Waals surface area contributed by atoms with E-state index in [0.29, 0.717) is 5.69 Å². The number of nitrogens with two attached hydrogens (primary N) is 1. The van der Waals surface area contributed by atoms with Crippen LogP contribution in [0.5, 0.6) is 0 Å². The maximum atomic E-state index is 12.8. The number of morpholine rings is 1. The molecule has 0 aromatic heterocycles. The van der Waals surface area contributed by atoms with Crippen LogP contribution in [0.3, 0.4) is 0 Å². The van der Waals surface area contributed by atoms with Crippen LogP contribution in [0, 0.1) is 18.3 Å². The Morgan fingerprint density at radius 1 is 1.30 bits per heavy atom. The van der Waals surface area contributed by atoms with Crippen LogP contribution in [0.25, 0.3) is 0 Å². The predicted molar refractivity (Wildman–Crippen MR) is 108 cm³/mol. The van der Waals surface area contributed by atoms with Crippen LogP contribution < -0.4 is 16.0 Å². The van der Waals surface area contributed by atoms with Gasteiger partial charge in [0.2, 0.25) is 0 Å². The molecule has 0 aliphatic carbocycles. The third-order valence-electron chi connectivity index (χ3n) is 4.69. The van der Waals surface area contributed by atoms with E-state index in [9.17, 15) is 19.5 Å². The van der Waals surface area contributed by atoms with E-state index in [1.807, 2.05) is 25.1 Å². The standard InChI is InChI=1S/C21H20N4O5/c1-12-2-5-14(6-3-12)25-8-9-30-18(21(25)29)17(26)20(28)24-16-7-4-13(11-22)10-15(16)19(23)27/h2-7,10,17-18,26H,8-9H2,1H3,(H2,23,27)(H,24,28). The largest absolute Gasteiger partial charge is 0.380 e. The van der Waals surface area contributed by atoms with Crippen molar-refractivity contribution in [3.63, 3.8) is 0 Å². The summed E-state index contributed by atoms with van der Waals surface area (Å²) in [6.45, 7) is 2.34. The predicted octanol–water partition coefficient (Wildman–Crippen LogP) is 0.697. The third-order valence-corrected chi connectivity index (χ3v) is 4.69. The molecule has 3 amide bonds. The van der Waals surface area contributed by atoms with E-state index in [0.717, 1.165) is 5.56 Å². The molecular weight excluding hydrogens is 388 g/mol. The van der Waals surface area contributed by atoms with Crippen LogP contribution >= 0.6 is 0 Å². The Kier molecular flexibility index (Phi) is 6.11. The summed E-state index contributed by atoms with van der Waals surface area (Å²) in [5, 5.41) is 21.8. The Morgan fingerprint density at radius 3 is 2.63 bits per heavy atom. The fraction of sp³-hybridized carbons (Fsp3) is 0.238. The van der Waals surface area contributed by atoms with Crippen molar-refractivity contribution in [2.45, 2.75) is 19.1 Å². The molecule has 30 heavy (non-hydrogen) atoms. The summed E-state index contributed by atoms with van der Waals surface area (Å²) in [5.41, 5.74) is 7.07. The summed E-state index contributed by atoms with van der Waals surface area (Å²) in [5.74, 6) is -2.35. The van der Waals surface area contributed by atoms with Crippen molar-refractivity contribution in [1.29, 1.82) is 5.26 Å². The van der Waals surface area contributed by atoms with E-state index < -0.39 is 29.9 Å². The molecular formula is C21H20N4O5. The van der Waals surface area contributed by atoms with Crippen LogP contribution in [0.2, 0.25) is 0 Å². The number of rotatable bonds is 5. The number of amides is 3. The Hall–Kier alpha value is -3.74. The van der Waals surface area contributed by atoms with Gasteiger partial charge in [0.05, 0.1) is 29.5 Å². The first-order chi connectivity index (χ1) is 14.3. The zero-order chi connectivity index (χ0) is 21.8. The van der Waals surface area contributed by atoms with Gasteiger partial charge in [-0.3, -0.25) is 14.4 Å². The van der Waals surface area contributed by atoms with Gasteiger partial charge in [0.25, 0.3) is 17.7 Å². The van der Waals surface area contributed by atoms with E-state index in [4.69, 9.17) is 15.7 Å². The van der Waals surface area contributed by atoms with Crippen molar-refractivity contribution in [3.05, 3.63) is 59.2 Å². The lowest BCUT2D eigenvalue weighted by atomic mass is 10.1. The quantitative estimate of drug-likeness (QED) is 0.664. The number of hydrogen-bond donors (Lipinski definition) is 3. The molecule has 1 aliphatic heterocycles. The number of anilines is 2. The van der Waals surface area contributed by atoms with Crippen molar-refractivity contribution in [1.82, 2.24) is 0 Å². The molecule has 9 nitrogen and oxygen atoms in total. The van der Waals surface area contributed by atoms with Gasteiger partial charge in [-0.25, -0.2) is 0 Å². The summed E-state index contributed by atoms with van der Waals surface area (Å²) in [7, 11) is 0. The maximum Gasteiger partial charge on any atom is 0.259 e.